The first kappa shape index (κ1) is 25.7. The number of fused-ring (bicyclic) bond motifs is 5. The summed E-state index contributed by atoms with van der Waals surface area (Å²) in [6, 6.07) is 8.36. The number of aryl methyl sites for hydroxylation is 1. The number of pyridine rings is 1. The van der Waals surface area contributed by atoms with Gasteiger partial charge in [-0.3, -0.25) is 4.68 Å². The number of rotatable bonds is 5. The van der Waals surface area contributed by atoms with Gasteiger partial charge in [0, 0.05) is 49.4 Å². The highest BCUT2D eigenvalue weighted by molar-refractivity contribution is 5.94. The molecule has 40 heavy (non-hydrogen) atoms. The smallest absolute Gasteiger partial charge is 0.222 e. The summed E-state index contributed by atoms with van der Waals surface area (Å²) in [5, 5.41) is 13.2. The Morgan fingerprint density at radius 2 is 2.00 bits per heavy atom. The van der Waals surface area contributed by atoms with Crippen LogP contribution in [-0.2, 0) is 7.05 Å². The van der Waals surface area contributed by atoms with E-state index in [2.05, 4.69) is 32.3 Å². The van der Waals surface area contributed by atoms with Crippen LogP contribution in [0.2, 0.25) is 0 Å². The molecule has 0 saturated carbocycles. The van der Waals surface area contributed by atoms with Crippen LogP contribution in [-0.4, -0.2) is 73.3 Å². The molecule has 12 heteroatoms. The Morgan fingerprint density at radius 1 is 1.12 bits per heavy atom. The summed E-state index contributed by atoms with van der Waals surface area (Å²) in [6.45, 7) is 3.71. The van der Waals surface area contributed by atoms with Gasteiger partial charge in [0.05, 0.1) is 24.4 Å². The number of hydrogen-bond acceptors (Lipinski definition) is 9. The molecule has 206 valence electrons. The van der Waals surface area contributed by atoms with Crippen LogP contribution in [0.25, 0.3) is 33.5 Å². The van der Waals surface area contributed by atoms with E-state index in [1.165, 1.54) is 6.07 Å². The van der Waals surface area contributed by atoms with Crippen LogP contribution in [0.5, 0.6) is 11.6 Å². The molecule has 6 rings (SSSR count). The molecule has 1 aliphatic rings. The van der Waals surface area contributed by atoms with Crippen molar-refractivity contribution in [3.05, 3.63) is 54.7 Å². The van der Waals surface area contributed by atoms with E-state index in [1.54, 1.807) is 41.5 Å². The molecule has 0 unspecified atom stereocenters. The zero-order valence-corrected chi connectivity index (χ0v) is 22.8. The molecular formula is C28H30FN9O2. The molecule has 0 fully saturated rings. The van der Waals surface area contributed by atoms with Crippen molar-refractivity contribution < 1.29 is 13.9 Å². The maximum absolute atomic E-state index is 15.2. The van der Waals surface area contributed by atoms with Crippen molar-refractivity contribution in [1.29, 1.82) is 0 Å². The highest BCUT2D eigenvalue weighted by atomic mass is 19.1. The minimum Gasteiger partial charge on any atom is -0.492 e. The average Bonchev–Trinajstić information content (AvgIpc) is 3.49. The summed E-state index contributed by atoms with van der Waals surface area (Å²) in [5.74, 6) is 2.42. The number of halogens is 1. The highest BCUT2D eigenvalue weighted by Crippen LogP contribution is 2.35. The lowest BCUT2D eigenvalue weighted by molar-refractivity contribution is 0.260. The van der Waals surface area contributed by atoms with Crippen molar-refractivity contribution in [1.82, 2.24) is 39.4 Å². The molecule has 0 saturated heterocycles. The van der Waals surface area contributed by atoms with Gasteiger partial charge in [-0.25, -0.2) is 24.0 Å². The van der Waals surface area contributed by atoms with E-state index in [4.69, 9.17) is 14.6 Å². The second-order valence-electron chi connectivity index (χ2n) is 10.0. The van der Waals surface area contributed by atoms with Gasteiger partial charge in [-0.15, -0.1) is 0 Å². The molecule has 1 aliphatic heterocycles. The summed E-state index contributed by atoms with van der Waals surface area (Å²) in [7, 11) is 5.77. The monoisotopic (exact) mass is 543 g/mol. The Hall–Kier alpha value is -4.58. The van der Waals surface area contributed by atoms with Crippen molar-refractivity contribution in [2.24, 2.45) is 7.05 Å². The van der Waals surface area contributed by atoms with Crippen molar-refractivity contribution in [2.45, 2.75) is 19.4 Å². The van der Waals surface area contributed by atoms with Gasteiger partial charge in [-0.05, 0) is 45.3 Å². The van der Waals surface area contributed by atoms with Gasteiger partial charge in [-0.2, -0.15) is 10.2 Å². The van der Waals surface area contributed by atoms with Gasteiger partial charge in [-0.1, -0.05) is 0 Å². The first-order valence-electron chi connectivity index (χ1n) is 13.1. The van der Waals surface area contributed by atoms with Gasteiger partial charge < -0.3 is 19.7 Å². The molecule has 4 aromatic heterocycles. The first-order chi connectivity index (χ1) is 19.4. The Labute approximate surface area is 230 Å². The molecule has 1 aromatic carbocycles. The number of nitrogens with zero attached hydrogens (tertiary/aromatic N) is 8. The second-order valence-corrected chi connectivity index (χ2v) is 10.0. The maximum atomic E-state index is 15.2. The molecule has 11 nitrogen and oxygen atoms in total. The van der Waals surface area contributed by atoms with Crippen LogP contribution in [0.15, 0.2) is 48.9 Å². The molecule has 1 atom stereocenters. The van der Waals surface area contributed by atoms with Gasteiger partial charge in [0.15, 0.2) is 5.82 Å². The largest absolute Gasteiger partial charge is 0.492 e. The highest BCUT2D eigenvalue weighted by Gasteiger charge is 2.22. The van der Waals surface area contributed by atoms with E-state index < -0.39 is 0 Å². The zero-order chi connectivity index (χ0) is 27.8. The number of aromatic nitrogens is 7. The summed E-state index contributed by atoms with van der Waals surface area (Å²) in [6.07, 6.45) is 5.72. The van der Waals surface area contributed by atoms with E-state index in [0.717, 1.165) is 17.4 Å². The fourth-order valence-corrected chi connectivity index (χ4v) is 4.65. The van der Waals surface area contributed by atoms with Crippen molar-refractivity contribution in [3.63, 3.8) is 0 Å². The predicted molar refractivity (Wildman–Crippen MR) is 149 cm³/mol. The first-order valence-corrected chi connectivity index (χ1v) is 13.1. The van der Waals surface area contributed by atoms with Crippen LogP contribution in [0.3, 0.4) is 0 Å². The minimum atomic E-state index is -0.382. The minimum absolute atomic E-state index is 0.0669. The third-order valence-corrected chi connectivity index (χ3v) is 6.82. The summed E-state index contributed by atoms with van der Waals surface area (Å²) >= 11 is 0. The lowest BCUT2D eigenvalue weighted by Crippen LogP contribution is -2.19. The Kier molecular flexibility index (Phi) is 6.76. The van der Waals surface area contributed by atoms with Crippen molar-refractivity contribution >= 4 is 22.5 Å². The third-order valence-electron chi connectivity index (χ3n) is 6.82. The summed E-state index contributed by atoms with van der Waals surface area (Å²) in [4.78, 5) is 15.7. The second kappa shape index (κ2) is 10.5. The van der Waals surface area contributed by atoms with Crippen LogP contribution >= 0.6 is 0 Å². The molecule has 5 aromatic rings. The molecule has 0 spiro atoms. The summed E-state index contributed by atoms with van der Waals surface area (Å²) in [5.41, 5.74) is 2.37. The normalized spacial score (nSPS) is 15.0. The summed E-state index contributed by atoms with van der Waals surface area (Å²) < 4.78 is 30.8. The predicted octanol–water partition coefficient (Wildman–Crippen LogP) is 4.46. The maximum Gasteiger partial charge on any atom is 0.222 e. The fourth-order valence-electron chi connectivity index (χ4n) is 4.65. The van der Waals surface area contributed by atoms with Gasteiger partial charge in [0.25, 0.3) is 0 Å². The topological polar surface area (TPSA) is 108 Å². The van der Waals surface area contributed by atoms with Gasteiger partial charge in [0.2, 0.25) is 5.88 Å². The molecule has 1 N–H and O–H groups in total. The number of benzene rings is 1. The lowest BCUT2D eigenvalue weighted by atomic mass is 10.1. The number of hydrogen-bond donors (Lipinski definition) is 1. The quantitative estimate of drug-likeness (QED) is 0.344. The lowest BCUT2D eigenvalue weighted by Gasteiger charge is -2.16. The van der Waals surface area contributed by atoms with Crippen LogP contribution in [0.4, 0.5) is 16.0 Å². The molecule has 4 bridgehead atoms. The fraction of sp³-hybridized carbons (Fsp3) is 0.321. The van der Waals surface area contributed by atoms with E-state index in [9.17, 15) is 0 Å². The van der Waals surface area contributed by atoms with Gasteiger partial charge in [0.1, 0.15) is 41.1 Å². The van der Waals surface area contributed by atoms with Crippen molar-refractivity contribution in [2.75, 3.05) is 39.2 Å². The Balaban J connectivity index is 1.43. The van der Waals surface area contributed by atoms with E-state index in [1.807, 2.05) is 36.8 Å². The van der Waals surface area contributed by atoms with Crippen molar-refractivity contribution in [3.8, 4) is 34.3 Å². The Bertz CT molecular complexity index is 1680. The van der Waals surface area contributed by atoms with E-state index in [-0.39, 0.29) is 11.9 Å². The molecule has 0 aliphatic carbocycles. The molecule has 5 heterocycles. The molecular weight excluding hydrogens is 513 g/mol. The van der Waals surface area contributed by atoms with E-state index in [0.29, 0.717) is 65.5 Å². The van der Waals surface area contributed by atoms with Gasteiger partial charge >= 0.3 is 0 Å². The molecule has 0 amide bonds. The third kappa shape index (κ3) is 4.93. The van der Waals surface area contributed by atoms with Crippen LogP contribution in [0.1, 0.15) is 19.4 Å². The Morgan fingerprint density at radius 3 is 2.85 bits per heavy atom. The number of ether oxygens (including phenoxy) is 2. The van der Waals surface area contributed by atoms with Crippen LogP contribution in [0, 0.1) is 5.82 Å². The number of likely N-dealkylation sites (N-methyl/N-ethyl adjacent to an activating group) is 1. The standard InChI is InChI=1S/C28H30FN9O2/c1-17-8-11-40-28-21(16-32-37(28)4)27-30-9-7-24(34-27)33-25-14-23-20(15-31-25)26(35-38(17)23)19-13-18(5-6-22(19)29)39-12-10-36(2)3/h5-7,9,13-17H,8,10-12H2,1-4H3,(H,30,31,33,34)/t17-/m0/s1. The number of anilines is 2. The average molecular weight is 544 g/mol. The zero-order valence-electron chi connectivity index (χ0n) is 22.8. The van der Waals surface area contributed by atoms with Crippen LogP contribution < -0.4 is 14.8 Å². The van der Waals surface area contributed by atoms with E-state index >= 15 is 4.39 Å². The molecule has 0 radical (unpaired) electrons. The number of nitrogens with one attached hydrogen (secondary N) is 1. The SMILES string of the molecule is C[C@H]1CCOc2c(cnn2C)-c2nccc(n2)Nc2cc3c(cn2)c(-c2cc(OCCN(C)C)ccc2F)nn31.